The lowest BCUT2D eigenvalue weighted by molar-refractivity contribution is -0.148. The summed E-state index contributed by atoms with van der Waals surface area (Å²) in [5.41, 5.74) is 0. The molecule has 0 bridgehead atoms. The molecule has 0 aromatic heterocycles. The first-order valence-corrected chi connectivity index (χ1v) is 8.15. The van der Waals surface area contributed by atoms with Crippen molar-refractivity contribution in [2.24, 2.45) is 11.8 Å². The quantitative estimate of drug-likeness (QED) is 0.574. The van der Waals surface area contributed by atoms with Crippen molar-refractivity contribution in [1.29, 1.82) is 0 Å². The van der Waals surface area contributed by atoms with Crippen LogP contribution in [0.25, 0.3) is 0 Å². The standard InChI is InChI=1S/C11H20N2O5S/c1-19(17,18)13-7-6-12-10(14)8-4-2-3-5-9(8)11(15)16/h8-9,13H,2-7H2,1H3,(H,12,14)(H,15,16)/t8-,9+/m1/s1. The molecule has 19 heavy (non-hydrogen) atoms. The molecule has 1 aliphatic carbocycles. The van der Waals surface area contributed by atoms with Gasteiger partial charge < -0.3 is 10.4 Å². The molecule has 7 nitrogen and oxygen atoms in total. The van der Waals surface area contributed by atoms with E-state index in [4.69, 9.17) is 5.11 Å². The van der Waals surface area contributed by atoms with Gasteiger partial charge in [-0.05, 0) is 12.8 Å². The summed E-state index contributed by atoms with van der Waals surface area (Å²) < 4.78 is 23.9. The number of amides is 1. The van der Waals surface area contributed by atoms with Crippen LogP contribution in [0.3, 0.4) is 0 Å². The van der Waals surface area contributed by atoms with Gasteiger partial charge in [0.05, 0.1) is 18.1 Å². The number of nitrogens with one attached hydrogen (secondary N) is 2. The van der Waals surface area contributed by atoms with Crippen LogP contribution in [0.1, 0.15) is 25.7 Å². The minimum Gasteiger partial charge on any atom is -0.481 e. The summed E-state index contributed by atoms with van der Waals surface area (Å²) in [6, 6.07) is 0. The predicted molar refractivity (Wildman–Crippen MR) is 68.9 cm³/mol. The van der Waals surface area contributed by atoms with E-state index in [2.05, 4.69) is 10.0 Å². The van der Waals surface area contributed by atoms with E-state index in [1.807, 2.05) is 0 Å². The first-order chi connectivity index (χ1) is 8.81. The Kier molecular flexibility index (Phi) is 5.74. The van der Waals surface area contributed by atoms with E-state index in [1.165, 1.54) is 0 Å². The summed E-state index contributed by atoms with van der Waals surface area (Å²) in [5, 5.41) is 11.6. The number of hydrogen-bond acceptors (Lipinski definition) is 4. The lowest BCUT2D eigenvalue weighted by Gasteiger charge is -2.27. The highest BCUT2D eigenvalue weighted by Gasteiger charge is 2.35. The molecule has 0 radical (unpaired) electrons. The second-order valence-corrected chi connectivity index (χ2v) is 6.63. The zero-order valence-corrected chi connectivity index (χ0v) is 11.7. The van der Waals surface area contributed by atoms with Gasteiger partial charge >= 0.3 is 5.97 Å². The normalized spacial score (nSPS) is 23.8. The first kappa shape index (κ1) is 15.9. The highest BCUT2D eigenvalue weighted by Crippen LogP contribution is 2.30. The molecule has 1 saturated carbocycles. The van der Waals surface area contributed by atoms with Crippen LogP contribution in [0.15, 0.2) is 0 Å². The maximum atomic E-state index is 11.9. The van der Waals surface area contributed by atoms with Crippen LogP contribution in [0.4, 0.5) is 0 Å². The number of sulfonamides is 1. The van der Waals surface area contributed by atoms with Crippen LogP contribution in [0.2, 0.25) is 0 Å². The van der Waals surface area contributed by atoms with Gasteiger partial charge in [-0.15, -0.1) is 0 Å². The molecule has 1 rings (SSSR count). The van der Waals surface area contributed by atoms with Crippen LogP contribution in [-0.4, -0.2) is 44.7 Å². The highest BCUT2D eigenvalue weighted by molar-refractivity contribution is 7.88. The van der Waals surface area contributed by atoms with Crippen LogP contribution >= 0.6 is 0 Å². The van der Waals surface area contributed by atoms with Gasteiger partial charge in [-0.25, -0.2) is 13.1 Å². The van der Waals surface area contributed by atoms with Crippen LogP contribution in [-0.2, 0) is 19.6 Å². The van der Waals surface area contributed by atoms with E-state index >= 15 is 0 Å². The summed E-state index contributed by atoms with van der Waals surface area (Å²) in [5.74, 6) is -2.38. The van der Waals surface area contributed by atoms with Crippen molar-refractivity contribution in [2.45, 2.75) is 25.7 Å². The zero-order chi connectivity index (χ0) is 14.5. The average Bonchev–Trinajstić information content (AvgIpc) is 2.33. The summed E-state index contributed by atoms with van der Waals surface area (Å²) in [4.78, 5) is 22.9. The van der Waals surface area contributed by atoms with Gasteiger partial charge in [-0.3, -0.25) is 9.59 Å². The second kappa shape index (κ2) is 6.85. The molecule has 0 unspecified atom stereocenters. The number of aliphatic carboxylic acids is 1. The van der Waals surface area contributed by atoms with Gasteiger partial charge in [0.15, 0.2) is 0 Å². The first-order valence-electron chi connectivity index (χ1n) is 6.26. The van der Waals surface area contributed by atoms with Crippen molar-refractivity contribution in [3.05, 3.63) is 0 Å². The van der Waals surface area contributed by atoms with Gasteiger partial charge in [-0.2, -0.15) is 0 Å². The minimum absolute atomic E-state index is 0.106. The van der Waals surface area contributed by atoms with E-state index < -0.39 is 27.8 Å². The van der Waals surface area contributed by atoms with Crippen LogP contribution in [0.5, 0.6) is 0 Å². The Balaban J connectivity index is 2.41. The SMILES string of the molecule is CS(=O)(=O)NCCNC(=O)[C@@H]1CCCC[C@@H]1C(=O)O. The number of carbonyl (C=O) groups excluding carboxylic acids is 1. The molecule has 110 valence electrons. The van der Waals surface area contributed by atoms with Crippen molar-refractivity contribution in [2.75, 3.05) is 19.3 Å². The van der Waals surface area contributed by atoms with Crippen molar-refractivity contribution in [3.8, 4) is 0 Å². The summed E-state index contributed by atoms with van der Waals surface area (Å²) >= 11 is 0. The fourth-order valence-corrected chi connectivity index (χ4v) is 2.77. The minimum atomic E-state index is -3.27. The number of carboxylic acid groups (broad SMARTS) is 1. The van der Waals surface area contributed by atoms with Gasteiger partial charge in [0.2, 0.25) is 15.9 Å². The van der Waals surface area contributed by atoms with E-state index in [0.29, 0.717) is 12.8 Å². The van der Waals surface area contributed by atoms with Gasteiger partial charge in [0.25, 0.3) is 0 Å². The Bertz CT molecular complexity index is 434. The molecule has 0 heterocycles. The third-order valence-corrected chi connectivity index (χ3v) is 3.94. The molecule has 2 atom stereocenters. The van der Waals surface area contributed by atoms with Crippen LogP contribution < -0.4 is 10.0 Å². The molecule has 1 amide bonds. The van der Waals surface area contributed by atoms with E-state index in [0.717, 1.165) is 19.1 Å². The molecule has 8 heteroatoms. The van der Waals surface area contributed by atoms with Crippen molar-refractivity contribution < 1.29 is 23.1 Å². The smallest absolute Gasteiger partial charge is 0.307 e. The Morgan fingerprint density at radius 1 is 1.16 bits per heavy atom. The molecule has 0 aliphatic heterocycles. The predicted octanol–water partition coefficient (Wildman–Crippen LogP) is -0.457. The average molecular weight is 292 g/mol. The lowest BCUT2D eigenvalue weighted by atomic mass is 9.79. The molecular weight excluding hydrogens is 272 g/mol. The molecule has 1 aliphatic rings. The summed E-state index contributed by atoms with van der Waals surface area (Å²) in [7, 11) is -3.27. The monoisotopic (exact) mass is 292 g/mol. The lowest BCUT2D eigenvalue weighted by Crippen LogP contribution is -2.42. The fourth-order valence-electron chi connectivity index (χ4n) is 2.29. The van der Waals surface area contributed by atoms with Gasteiger partial charge in [0.1, 0.15) is 0 Å². The van der Waals surface area contributed by atoms with Crippen molar-refractivity contribution in [3.63, 3.8) is 0 Å². The Hall–Kier alpha value is -1.15. The van der Waals surface area contributed by atoms with E-state index in [-0.39, 0.29) is 19.0 Å². The maximum absolute atomic E-state index is 11.9. The number of carboxylic acids is 1. The van der Waals surface area contributed by atoms with E-state index in [1.54, 1.807) is 0 Å². The molecule has 0 aromatic rings. The number of rotatable bonds is 6. The molecule has 0 saturated heterocycles. The third-order valence-electron chi connectivity index (χ3n) is 3.21. The number of carbonyl (C=O) groups is 2. The van der Waals surface area contributed by atoms with E-state index in [9.17, 15) is 18.0 Å². The molecule has 3 N–H and O–H groups in total. The van der Waals surface area contributed by atoms with Gasteiger partial charge in [-0.1, -0.05) is 12.8 Å². The molecule has 0 aromatic carbocycles. The summed E-state index contributed by atoms with van der Waals surface area (Å²) in [6.07, 6.45) is 3.81. The second-order valence-electron chi connectivity index (χ2n) is 4.79. The maximum Gasteiger partial charge on any atom is 0.307 e. The fraction of sp³-hybridized carbons (Fsp3) is 0.818. The van der Waals surface area contributed by atoms with Gasteiger partial charge in [0, 0.05) is 13.1 Å². The highest BCUT2D eigenvalue weighted by atomic mass is 32.2. The van der Waals surface area contributed by atoms with Crippen molar-refractivity contribution >= 4 is 21.9 Å². The third kappa shape index (κ3) is 5.56. The molecule has 1 fully saturated rings. The largest absolute Gasteiger partial charge is 0.481 e. The Labute approximate surface area is 112 Å². The molecule has 0 spiro atoms. The number of hydrogen-bond donors (Lipinski definition) is 3. The summed E-state index contributed by atoms with van der Waals surface area (Å²) in [6.45, 7) is 0.268. The zero-order valence-electron chi connectivity index (χ0n) is 10.9. The van der Waals surface area contributed by atoms with Crippen molar-refractivity contribution in [1.82, 2.24) is 10.0 Å². The topological polar surface area (TPSA) is 113 Å². The Morgan fingerprint density at radius 2 is 1.74 bits per heavy atom. The Morgan fingerprint density at radius 3 is 2.26 bits per heavy atom. The van der Waals surface area contributed by atoms with Crippen LogP contribution in [0, 0.1) is 11.8 Å². The molecular formula is C11H20N2O5S.